The maximum Gasteiger partial charge on any atom is 0.274 e. The Morgan fingerprint density at radius 2 is 2.05 bits per heavy atom. The monoisotopic (exact) mass is 312 g/mol. The van der Waals surface area contributed by atoms with Gasteiger partial charge in [0.05, 0.1) is 24.6 Å². The lowest BCUT2D eigenvalue weighted by molar-refractivity contribution is 0.461. The van der Waals surface area contributed by atoms with Crippen molar-refractivity contribution in [3.8, 4) is 0 Å². The molecule has 1 aliphatic carbocycles. The van der Waals surface area contributed by atoms with E-state index >= 15 is 0 Å². The Morgan fingerprint density at radius 1 is 1.30 bits per heavy atom. The standard InChI is InChI=1S/C13H14Cl2N4O/c14-11-12(15)16-8-18(13(11)20)7-9-5-6-19(17-9)10-3-1-2-4-10/h5-6,8,10H,1-4,7H2. The third-order valence-corrected chi connectivity index (χ3v) is 4.36. The molecule has 0 unspecified atom stereocenters. The van der Waals surface area contributed by atoms with Crippen LogP contribution in [0.5, 0.6) is 0 Å². The van der Waals surface area contributed by atoms with E-state index in [2.05, 4.69) is 10.1 Å². The van der Waals surface area contributed by atoms with Crippen molar-refractivity contribution in [1.29, 1.82) is 0 Å². The van der Waals surface area contributed by atoms with Crippen molar-refractivity contribution in [2.45, 2.75) is 38.3 Å². The third kappa shape index (κ3) is 2.60. The Bertz CT molecular complexity index is 673. The smallest absolute Gasteiger partial charge is 0.274 e. The predicted molar refractivity (Wildman–Crippen MR) is 77.4 cm³/mol. The van der Waals surface area contributed by atoms with Crippen LogP contribution in [0, 0.1) is 0 Å². The summed E-state index contributed by atoms with van der Waals surface area (Å²) in [6, 6.07) is 2.42. The van der Waals surface area contributed by atoms with Crippen LogP contribution in [-0.4, -0.2) is 19.3 Å². The zero-order valence-electron chi connectivity index (χ0n) is 10.8. The second-order valence-corrected chi connectivity index (χ2v) is 5.74. The van der Waals surface area contributed by atoms with Gasteiger partial charge < -0.3 is 0 Å². The Kier molecular flexibility index (Phi) is 3.81. The number of nitrogens with zero attached hydrogens (tertiary/aromatic N) is 4. The number of halogens is 2. The van der Waals surface area contributed by atoms with Gasteiger partial charge in [-0.25, -0.2) is 4.98 Å². The molecular formula is C13H14Cl2N4O. The van der Waals surface area contributed by atoms with E-state index in [4.69, 9.17) is 23.2 Å². The molecule has 20 heavy (non-hydrogen) atoms. The fourth-order valence-electron chi connectivity index (χ4n) is 2.56. The second-order valence-electron chi connectivity index (χ2n) is 5.01. The van der Waals surface area contributed by atoms with Gasteiger partial charge in [-0.3, -0.25) is 14.0 Å². The van der Waals surface area contributed by atoms with Crippen molar-refractivity contribution in [1.82, 2.24) is 19.3 Å². The van der Waals surface area contributed by atoms with Crippen LogP contribution >= 0.6 is 23.2 Å². The van der Waals surface area contributed by atoms with Crippen LogP contribution in [0.2, 0.25) is 10.2 Å². The molecule has 1 aliphatic rings. The average Bonchev–Trinajstić information content (AvgIpc) is 3.10. The van der Waals surface area contributed by atoms with Gasteiger partial charge in [-0.1, -0.05) is 36.0 Å². The molecule has 0 N–H and O–H groups in total. The lowest BCUT2D eigenvalue weighted by Gasteiger charge is -2.09. The molecule has 0 atom stereocenters. The van der Waals surface area contributed by atoms with Gasteiger partial charge in [-0.05, 0) is 18.9 Å². The summed E-state index contributed by atoms with van der Waals surface area (Å²) in [5.74, 6) is 0. The summed E-state index contributed by atoms with van der Waals surface area (Å²) in [5, 5.41) is 4.51. The van der Waals surface area contributed by atoms with Crippen LogP contribution in [-0.2, 0) is 6.54 Å². The number of hydrogen-bond donors (Lipinski definition) is 0. The van der Waals surface area contributed by atoms with E-state index in [-0.39, 0.29) is 15.7 Å². The zero-order valence-corrected chi connectivity index (χ0v) is 12.3. The molecule has 1 fully saturated rings. The Hall–Kier alpha value is -1.33. The van der Waals surface area contributed by atoms with E-state index in [1.165, 1.54) is 36.6 Å². The van der Waals surface area contributed by atoms with Crippen LogP contribution in [0.1, 0.15) is 37.4 Å². The van der Waals surface area contributed by atoms with E-state index in [0.717, 1.165) is 5.69 Å². The molecular weight excluding hydrogens is 299 g/mol. The molecule has 0 amide bonds. The lowest BCUT2D eigenvalue weighted by Crippen LogP contribution is -2.22. The molecule has 1 saturated carbocycles. The normalized spacial score (nSPS) is 15.9. The molecule has 2 aromatic rings. The van der Waals surface area contributed by atoms with E-state index in [0.29, 0.717) is 12.6 Å². The van der Waals surface area contributed by atoms with Crippen LogP contribution < -0.4 is 5.56 Å². The fraction of sp³-hybridized carbons (Fsp3) is 0.462. The summed E-state index contributed by atoms with van der Waals surface area (Å²) >= 11 is 11.5. The fourth-order valence-corrected chi connectivity index (χ4v) is 2.85. The highest BCUT2D eigenvalue weighted by Crippen LogP contribution is 2.28. The number of hydrogen-bond acceptors (Lipinski definition) is 3. The van der Waals surface area contributed by atoms with Gasteiger partial charge >= 0.3 is 0 Å². The highest BCUT2D eigenvalue weighted by Gasteiger charge is 2.17. The van der Waals surface area contributed by atoms with Crippen LogP contribution in [0.15, 0.2) is 23.4 Å². The van der Waals surface area contributed by atoms with Crippen LogP contribution in [0.3, 0.4) is 0 Å². The van der Waals surface area contributed by atoms with Gasteiger partial charge in [-0.2, -0.15) is 5.10 Å². The van der Waals surface area contributed by atoms with Gasteiger partial charge in [-0.15, -0.1) is 0 Å². The van der Waals surface area contributed by atoms with Crippen molar-refractivity contribution >= 4 is 23.2 Å². The minimum atomic E-state index is -0.345. The first-order chi connectivity index (χ1) is 9.65. The number of rotatable bonds is 3. The lowest BCUT2D eigenvalue weighted by atomic mass is 10.3. The first-order valence-electron chi connectivity index (χ1n) is 6.59. The summed E-state index contributed by atoms with van der Waals surface area (Å²) in [6.07, 6.45) is 8.24. The molecule has 2 aromatic heterocycles. The average molecular weight is 313 g/mol. The maximum atomic E-state index is 11.9. The topological polar surface area (TPSA) is 52.7 Å². The van der Waals surface area contributed by atoms with E-state index in [1.807, 2.05) is 16.9 Å². The highest BCUT2D eigenvalue weighted by atomic mass is 35.5. The quantitative estimate of drug-likeness (QED) is 0.819. The zero-order chi connectivity index (χ0) is 14.1. The van der Waals surface area contributed by atoms with Gasteiger partial charge in [0.25, 0.3) is 5.56 Å². The minimum Gasteiger partial charge on any atom is -0.292 e. The van der Waals surface area contributed by atoms with Crippen molar-refractivity contribution in [2.24, 2.45) is 0 Å². The Balaban J connectivity index is 1.81. The second kappa shape index (κ2) is 5.58. The molecule has 3 rings (SSSR count). The van der Waals surface area contributed by atoms with Gasteiger partial charge in [0.2, 0.25) is 0 Å². The summed E-state index contributed by atoms with van der Waals surface area (Å²) < 4.78 is 3.41. The van der Waals surface area contributed by atoms with Crippen molar-refractivity contribution < 1.29 is 0 Å². The van der Waals surface area contributed by atoms with Gasteiger partial charge in [0, 0.05) is 6.20 Å². The van der Waals surface area contributed by atoms with E-state index in [9.17, 15) is 4.79 Å². The number of aromatic nitrogens is 4. The van der Waals surface area contributed by atoms with Crippen LogP contribution in [0.25, 0.3) is 0 Å². The van der Waals surface area contributed by atoms with Crippen molar-refractivity contribution in [2.75, 3.05) is 0 Å². The maximum absolute atomic E-state index is 11.9. The summed E-state index contributed by atoms with van der Waals surface area (Å²) in [5.41, 5.74) is 0.473. The highest BCUT2D eigenvalue weighted by molar-refractivity contribution is 6.40. The summed E-state index contributed by atoms with van der Waals surface area (Å²) in [4.78, 5) is 15.8. The minimum absolute atomic E-state index is 0.0319. The van der Waals surface area contributed by atoms with Gasteiger partial charge in [0.1, 0.15) is 5.02 Å². The molecule has 5 nitrogen and oxygen atoms in total. The first kappa shape index (κ1) is 13.6. The van der Waals surface area contributed by atoms with Crippen LogP contribution in [0.4, 0.5) is 0 Å². The predicted octanol–water partition coefficient (Wildman–Crippen LogP) is 2.91. The first-order valence-corrected chi connectivity index (χ1v) is 7.35. The molecule has 7 heteroatoms. The molecule has 0 aromatic carbocycles. The molecule has 0 saturated heterocycles. The van der Waals surface area contributed by atoms with Gasteiger partial charge in [0.15, 0.2) is 5.15 Å². The van der Waals surface area contributed by atoms with E-state index in [1.54, 1.807) is 0 Å². The Labute approximate surface area is 126 Å². The Morgan fingerprint density at radius 3 is 2.80 bits per heavy atom. The van der Waals surface area contributed by atoms with Crippen molar-refractivity contribution in [3.05, 3.63) is 44.8 Å². The largest absolute Gasteiger partial charge is 0.292 e. The SMILES string of the molecule is O=c1c(Cl)c(Cl)ncn1Cc1ccn(C2CCCC2)n1. The molecule has 0 bridgehead atoms. The van der Waals surface area contributed by atoms with E-state index < -0.39 is 0 Å². The van der Waals surface area contributed by atoms with Crippen molar-refractivity contribution in [3.63, 3.8) is 0 Å². The third-order valence-electron chi connectivity index (χ3n) is 3.63. The molecule has 0 aliphatic heterocycles. The molecule has 0 spiro atoms. The summed E-state index contributed by atoms with van der Waals surface area (Å²) in [6.45, 7) is 0.350. The molecule has 2 heterocycles. The summed E-state index contributed by atoms with van der Waals surface area (Å²) in [7, 11) is 0. The molecule has 106 valence electrons. The molecule has 0 radical (unpaired) electrons.